The Morgan fingerprint density at radius 1 is 0.389 bits per heavy atom. The second-order valence-electron chi connectivity index (χ2n) is 14.6. The van der Waals surface area contributed by atoms with E-state index < -0.39 is 6.10 Å². The molecule has 0 aromatic carbocycles. The minimum absolute atomic E-state index is 0.0903. The van der Waals surface area contributed by atoms with Gasteiger partial charge in [0.05, 0.1) is 0 Å². The molecule has 0 fully saturated rings. The van der Waals surface area contributed by atoms with Crippen molar-refractivity contribution < 1.29 is 28.6 Å². The van der Waals surface area contributed by atoms with Crippen molar-refractivity contribution in [2.75, 3.05) is 13.2 Å². The van der Waals surface area contributed by atoms with Crippen LogP contribution < -0.4 is 0 Å². The molecule has 0 aromatic rings. The summed E-state index contributed by atoms with van der Waals surface area (Å²) in [6, 6.07) is 0. The van der Waals surface area contributed by atoms with Crippen LogP contribution in [0.4, 0.5) is 0 Å². The predicted octanol–water partition coefficient (Wildman–Crippen LogP) is 14.1. The molecule has 0 aromatic heterocycles. The highest BCUT2D eigenvalue weighted by Gasteiger charge is 2.19. The molecule has 0 aliphatic carbocycles. The van der Waals surface area contributed by atoms with Crippen molar-refractivity contribution in [3.05, 3.63) is 60.8 Å². The molecule has 0 rings (SSSR count). The Bertz CT molecular complexity index is 1010. The van der Waals surface area contributed by atoms with E-state index in [-0.39, 0.29) is 31.1 Å². The largest absolute Gasteiger partial charge is 0.462 e. The molecular weight excluding hydrogens is 673 g/mol. The molecule has 310 valence electrons. The van der Waals surface area contributed by atoms with E-state index in [1.54, 1.807) is 0 Å². The van der Waals surface area contributed by atoms with Crippen LogP contribution >= 0.6 is 0 Å². The number of allylic oxidation sites excluding steroid dienone is 10. The third kappa shape index (κ3) is 40.3. The van der Waals surface area contributed by atoms with Gasteiger partial charge in [-0.15, -0.1) is 0 Å². The van der Waals surface area contributed by atoms with Gasteiger partial charge in [-0.2, -0.15) is 0 Å². The fourth-order valence-corrected chi connectivity index (χ4v) is 5.90. The van der Waals surface area contributed by atoms with Crippen molar-refractivity contribution in [3.8, 4) is 0 Å². The molecule has 0 N–H and O–H groups in total. The molecule has 6 nitrogen and oxygen atoms in total. The minimum atomic E-state index is -0.787. The van der Waals surface area contributed by atoms with Gasteiger partial charge in [-0.3, -0.25) is 14.4 Å². The molecule has 6 heteroatoms. The maximum Gasteiger partial charge on any atom is 0.306 e. The number of esters is 3. The maximum absolute atomic E-state index is 12.6. The van der Waals surface area contributed by atoms with Gasteiger partial charge in [0, 0.05) is 19.3 Å². The van der Waals surface area contributed by atoms with Crippen molar-refractivity contribution in [1.82, 2.24) is 0 Å². The van der Waals surface area contributed by atoms with Gasteiger partial charge in [0.15, 0.2) is 6.10 Å². The Hall–Kier alpha value is -2.89. The lowest BCUT2D eigenvalue weighted by atomic mass is 10.1. The Morgan fingerprint density at radius 2 is 0.722 bits per heavy atom. The van der Waals surface area contributed by atoms with Gasteiger partial charge in [0.25, 0.3) is 0 Å². The SMILES string of the molecule is CC/C=C\C/C=C\C/C=C\CCCCCC(=O)OC(COC(=O)CCCCCCC)COC(=O)CCCCCCCCC/C=C\C/C=C\CCCCCC. The monoisotopic (exact) mass is 755 g/mol. The molecule has 54 heavy (non-hydrogen) atoms. The Kier molecular flexibility index (Phi) is 40.6. The summed E-state index contributed by atoms with van der Waals surface area (Å²) in [5, 5.41) is 0. The van der Waals surface area contributed by atoms with Crippen LogP contribution in [-0.2, 0) is 28.6 Å². The molecule has 0 aliphatic rings. The summed E-state index contributed by atoms with van der Waals surface area (Å²) < 4.78 is 16.6. The number of rotatable bonds is 39. The zero-order chi connectivity index (χ0) is 39.4. The number of carbonyl (C=O) groups is 3. The highest BCUT2D eigenvalue weighted by Crippen LogP contribution is 2.13. The fraction of sp³-hybridized carbons (Fsp3) is 0.729. The van der Waals surface area contributed by atoms with Crippen LogP contribution in [0, 0.1) is 0 Å². The van der Waals surface area contributed by atoms with Crippen molar-refractivity contribution in [2.24, 2.45) is 0 Å². The minimum Gasteiger partial charge on any atom is -0.462 e. The van der Waals surface area contributed by atoms with Crippen molar-refractivity contribution in [3.63, 3.8) is 0 Å². The van der Waals surface area contributed by atoms with E-state index in [2.05, 4.69) is 81.5 Å². The number of ether oxygens (including phenoxy) is 3. The van der Waals surface area contributed by atoms with E-state index in [0.717, 1.165) is 103 Å². The van der Waals surface area contributed by atoms with Crippen LogP contribution in [0.5, 0.6) is 0 Å². The smallest absolute Gasteiger partial charge is 0.306 e. The third-order valence-corrected chi connectivity index (χ3v) is 9.26. The molecule has 0 saturated heterocycles. The normalized spacial score (nSPS) is 12.6. The van der Waals surface area contributed by atoms with Crippen molar-refractivity contribution in [2.45, 2.75) is 213 Å². The van der Waals surface area contributed by atoms with Gasteiger partial charge in [0.2, 0.25) is 0 Å². The van der Waals surface area contributed by atoms with Crippen LogP contribution in [0.2, 0.25) is 0 Å². The first-order chi connectivity index (χ1) is 26.5. The molecule has 1 unspecified atom stereocenters. The van der Waals surface area contributed by atoms with E-state index in [0.29, 0.717) is 19.3 Å². The topological polar surface area (TPSA) is 78.9 Å². The molecule has 0 saturated carbocycles. The first-order valence-corrected chi connectivity index (χ1v) is 22.3. The summed E-state index contributed by atoms with van der Waals surface area (Å²) in [5.74, 6) is -0.946. The zero-order valence-electron chi connectivity index (χ0n) is 35.2. The highest BCUT2D eigenvalue weighted by molar-refractivity contribution is 5.71. The van der Waals surface area contributed by atoms with Gasteiger partial charge in [-0.25, -0.2) is 0 Å². The van der Waals surface area contributed by atoms with E-state index in [9.17, 15) is 14.4 Å². The number of hydrogen-bond donors (Lipinski definition) is 0. The first-order valence-electron chi connectivity index (χ1n) is 22.3. The van der Waals surface area contributed by atoms with Gasteiger partial charge in [0.1, 0.15) is 13.2 Å². The predicted molar refractivity (Wildman–Crippen MR) is 228 cm³/mol. The van der Waals surface area contributed by atoms with Gasteiger partial charge in [-0.1, -0.05) is 165 Å². The van der Waals surface area contributed by atoms with Crippen LogP contribution in [0.25, 0.3) is 0 Å². The number of hydrogen-bond acceptors (Lipinski definition) is 6. The van der Waals surface area contributed by atoms with Gasteiger partial charge in [-0.05, 0) is 83.5 Å². The summed E-state index contributed by atoms with van der Waals surface area (Å²) in [5.41, 5.74) is 0. The zero-order valence-corrected chi connectivity index (χ0v) is 35.2. The van der Waals surface area contributed by atoms with E-state index in [1.807, 2.05) is 0 Å². The summed E-state index contributed by atoms with van der Waals surface area (Å²) >= 11 is 0. The maximum atomic E-state index is 12.6. The molecule has 0 amide bonds. The fourth-order valence-electron chi connectivity index (χ4n) is 5.90. The second-order valence-corrected chi connectivity index (χ2v) is 14.6. The van der Waals surface area contributed by atoms with Crippen LogP contribution in [0.15, 0.2) is 60.8 Å². The average Bonchev–Trinajstić information content (AvgIpc) is 3.17. The number of carbonyl (C=O) groups excluding carboxylic acids is 3. The van der Waals surface area contributed by atoms with E-state index in [1.165, 1.54) is 64.2 Å². The lowest BCUT2D eigenvalue weighted by Gasteiger charge is -2.18. The molecule has 0 spiro atoms. The molecule has 0 radical (unpaired) electrons. The molecule has 0 aliphatic heterocycles. The Balaban J connectivity index is 4.27. The Labute approximate surface area is 332 Å². The lowest BCUT2D eigenvalue weighted by Crippen LogP contribution is -2.30. The summed E-state index contributed by atoms with van der Waals surface area (Å²) in [6.07, 6.45) is 50.9. The van der Waals surface area contributed by atoms with E-state index in [4.69, 9.17) is 14.2 Å². The van der Waals surface area contributed by atoms with Crippen LogP contribution in [-0.4, -0.2) is 37.2 Å². The standard InChI is InChI=1S/C48H82O6/c1-4-7-10-13-15-17-19-21-22-23-24-25-27-28-30-32-35-38-41-47(50)53-44-45(43-52-46(49)40-37-34-12-9-6-3)54-48(51)42-39-36-33-31-29-26-20-18-16-14-11-8-5-2/h8,11,16-19,22-23,26,29,45H,4-7,9-10,12-15,20-21,24-25,27-28,30-44H2,1-3H3/b11-8-,18-16-,19-17-,23-22-,29-26-. The average molecular weight is 755 g/mol. The third-order valence-electron chi connectivity index (χ3n) is 9.26. The first kappa shape index (κ1) is 51.1. The highest BCUT2D eigenvalue weighted by atomic mass is 16.6. The van der Waals surface area contributed by atoms with E-state index >= 15 is 0 Å². The van der Waals surface area contributed by atoms with Crippen LogP contribution in [0.3, 0.4) is 0 Å². The number of unbranched alkanes of at least 4 members (excludes halogenated alkanes) is 18. The Morgan fingerprint density at radius 3 is 1.17 bits per heavy atom. The molecular formula is C48H82O6. The molecule has 0 heterocycles. The molecule has 0 bridgehead atoms. The second kappa shape index (κ2) is 42.8. The van der Waals surface area contributed by atoms with Crippen molar-refractivity contribution >= 4 is 17.9 Å². The summed E-state index contributed by atoms with van der Waals surface area (Å²) in [7, 11) is 0. The lowest BCUT2D eigenvalue weighted by molar-refractivity contribution is -0.167. The van der Waals surface area contributed by atoms with Gasteiger partial charge < -0.3 is 14.2 Å². The van der Waals surface area contributed by atoms with Crippen molar-refractivity contribution in [1.29, 1.82) is 0 Å². The molecule has 1 atom stereocenters. The quantitative estimate of drug-likeness (QED) is 0.0269. The summed E-state index contributed by atoms with van der Waals surface area (Å²) in [6.45, 7) is 6.37. The van der Waals surface area contributed by atoms with Crippen LogP contribution in [0.1, 0.15) is 207 Å². The van der Waals surface area contributed by atoms with Gasteiger partial charge >= 0.3 is 17.9 Å². The summed E-state index contributed by atoms with van der Waals surface area (Å²) in [4.78, 5) is 37.4.